The van der Waals surface area contributed by atoms with Gasteiger partial charge in [0.15, 0.2) is 11.6 Å². The van der Waals surface area contributed by atoms with Crippen molar-refractivity contribution in [3.63, 3.8) is 0 Å². The molecule has 11 atom stereocenters. The van der Waals surface area contributed by atoms with Gasteiger partial charge >= 0.3 is 5.97 Å². The number of primary amides is 1. The Kier molecular flexibility index (Phi) is 38.9. The monoisotopic (exact) mass is 1810 g/mol. The number of nitrogens with two attached hydrogens (primary N) is 1. The molecule has 0 aliphatic carbocycles. The number of aromatic nitrogens is 1. The molecule has 12 amide bonds. The number of carboxylic acid groups (broad SMARTS) is 1. The number of benzene rings is 6. The van der Waals surface area contributed by atoms with Crippen molar-refractivity contribution < 1.29 is 102 Å². The number of aliphatic carboxylic acids is 1. The predicted octanol–water partition coefficient (Wildman–Crippen LogP) is 4.11. The number of aromatic hydroxyl groups is 2. The van der Waals surface area contributed by atoms with Crippen LogP contribution in [0.4, 0.5) is 0 Å². The van der Waals surface area contributed by atoms with Crippen LogP contribution in [0.1, 0.15) is 106 Å². The summed E-state index contributed by atoms with van der Waals surface area (Å²) < 4.78 is 5.11. The van der Waals surface area contributed by atoms with Gasteiger partial charge in [-0.25, -0.2) is 0 Å². The lowest BCUT2D eigenvalue weighted by molar-refractivity contribution is -0.151. The molecule has 0 radical (unpaired) electrons. The fraction of sp³-hybridized carbons (Fsp3) is 0.421. The number of carboxylic acids is 1. The van der Waals surface area contributed by atoms with Gasteiger partial charge in [-0.3, -0.25) is 81.5 Å². The highest BCUT2D eigenvalue weighted by Crippen LogP contribution is 2.28. The molecule has 2 heterocycles. The number of fused-ring (bicyclic) bond motifs is 1. The molecule has 0 spiro atoms. The highest BCUT2D eigenvalue weighted by molar-refractivity contribution is 8.00. The van der Waals surface area contributed by atoms with Crippen molar-refractivity contribution in [3.05, 3.63) is 203 Å². The maximum Gasteiger partial charge on any atom is 0.303 e. The second kappa shape index (κ2) is 49.7. The maximum absolute atomic E-state index is 15.5. The summed E-state index contributed by atoms with van der Waals surface area (Å²) in [6.45, 7) is 4.61. The lowest BCUT2D eigenvalue weighted by Gasteiger charge is -2.37. The molecule has 0 bridgehead atoms. The number of aromatic amines is 1. The number of likely N-dealkylation sites (N-methyl/N-ethyl adjacent to an activating group) is 5. The highest BCUT2D eigenvalue weighted by atomic mass is 32.2. The van der Waals surface area contributed by atoms with Crippen molar-refractivity contribution in [2.45, 2.75) is 166 Å². The molecular formula is C95H117N13O21S. The lowest BCUT2D eigenvalue weighted by atomic mass is 9.84. The number of H-pyrrole nitrogens is 1. The smallest absolute Gasteiger partial charge is 0.303 e. The molecule has 7 aromatic rings. The van der Waals surface area contributed by atoms with Crippen LogP contribution in [-0.4, -0.2) is 266 Å². The fourth-order valence-electron chi connectivity index (χ4n) is 15.4. The van der Waals surface area contributed by atoms with Crippen LogP contribution in [0.2, 0.25) is 0 Å². The number of nitrogens with one attached hydrogen (secondary N) is 7. The third-order valence-electron chi connectivity index (χ3n) is 22.7. The highest BCUT2D eigenvalue weighted by Gasteiger charge is 2.43. The molecule has 694 valence electrons. The van der Waals surface area contributed by atoms with Crippen LogP contribution >= 0.6 is 11.8 Å². The predicted molar refractivity (Wildman–Crippen MR) is 483 cm³/mol. The number of rotatable bonds is 25. The number of amides is 12. The van der Waals surface area contributed by atoms with E-state index in [-0.39, 0.29) is 74.6 Å². The van der Waals surface area contributed by atoms with Crippen LogP contribution in [0.5, 0.6) is 11.5 Å². The Morgan fingerprint density at radius 2 is 0.962 bits per heavy atom. The van der Waals surface area contributed by atoms with Gasteiger partial charge in [0.1, 0.15) is 72.2 Å². The number of phenols is 2. The second-order valence-corrected chi connectivity index (χ2v) is 34.6. The number of thioether (sulfide) groups is 1. The molecule has 130 heavy (non-hydrogen) atoms. The summed E-state index contributed by atoms with van der Waals surface area (Å²) in [5, 5.41) is 48.1. The van der Waals surface area contributed by atoms with E-state index in [9.17, 15) is 63.3 Å². The van der Waals surface area contributed by atoms with Gasteiger partial charge in [-0.1, -0.05) is 161 Å². The van der Waals surface area contributed by atoms with E-state index in [0.29, 0.717) is 44.3 Å². The Morgan fingerprint density at radius 3 is 1.52 bits per heavy atom. The molecule has 1 aromatic heterocycles. The molecule has 6 aromatic carbocycles. The quantitative estimate of drug-likeness (QED) is 0.0359. The summed E-state index contributed by atoms with van der Waals surface area (Å²) in [6.07, 6.45) is -3.28. The van der Waals surface area contributed by atoms with Crippen LogP contribution in [0, 0.1) is 23.7 Å². The maximum atomic E-state index is 15.5. The van der Waals surface area contributed by atoms with Crippen LogP contribution < -0.4 is 37.6 Å². The molecule has 0 unspecified atom stereocenters. The number of ketones is 3. The summed E-state index contributed by atoms with van der Waals surface area (Å²) in [5.41, 5.74) is 9.11. The van der Waals surface area contributed by atoms with Gasteiger partial charge in [0.05, 0.1) is 30.8 Å². The number of phenolic OH excluding ortho intramolecular Hbond substituents is 2. The van der Waals surface area contributed by atoms with Gasteiger partial charge in [-0.15, -0.1) is 11.8 Å². The molecule has 8 rings (SSSR count). The van der Waals surface area contributed by atoms with E-state index in [4.69, 9.17) is 10.5 Å². The number of ether oxygens (including phenoxy) is 1. The van der Waals surface area contributed by atoms with Crippen molar-refractivity contribution in [1.82, 2.24) is 61.4 Å². The Bertz CT molecular complexity index is 5120. The molecule has 12 N–H and O–H groups in total. The summed E-state index contributed by atoms with van der Waals surface area (Å²) in [6, 6.07) is 30.2. The van der Waals surface area contributed by atoms with Crippen LogP contribution in [-0.2, 0) is 125 Å². The zero-order valence-corrected chi connectivity index (χ0v) is 75.2. The van der Waals surface area contributed by atoms with Gasteiger partial charge < -0.3 is 87.2 Å². The Morgan fingerprint density at radius 1 is 0.485 bits per heavy atom. The first-order chi connectivity index (χ1) is 61.9. The van der Waals surface area contributed by atoms with Crippen LogP contribution in [0.3, 0.4) is 0 Å². The Labute approximate surface area is 758 Å². The standard InChI is InChI=1S/C95H117N13O21S/c1-57(2)41-72-87(120)103-77(81(113)38-39-83(96)115)54-130-55-85(117)99-76(43-59-21-13-10-14-22-59)93(126)108(9)80(46-61-25-17-12-18-26-61)95(128)106(7)78(37-40-86(118)119)94(127)104(5)51-68(112)47-65(53-129-56-109)82(114)49-70(58(3)4)91(124)107(8)79(45-60-23-15-11-16-24-60)90(123)102-75(44-63-31-35-67(111)36-32-63)92(125)105(6)52-84(116)98-74(48-64-50-97-71-28-20-19-27-69(64)71)89(122)101-73(88(121)100-72)42-62-29-33-66(110)34-30-62/h10-36,50,56-58,65,70,72-80,97,110-111H,37-49,51-55H2,1-9H3,(H2,96,115)(H,98,116)(H,99,117)(H,100,121)(H,101,122)(H,102,123)(H,103,120)(H,118,119)/t65-,70-,72-,73-,74-,75-,76-,77-,78-,79-,80-/m0/s1. The van der Waals surface area contributed by atoms with Gasteiger partial charge in [0, 0.05) is 135 Å². The van der Waals surface area contributed by atoms with Crippen molar-refractivity contribution in [3.8, 4) is 11.5 Å². The molecule has 35 heteroatoms. The van der Waals surface area contributed by atoms with E-state index in [1.807, 2.05) is 0 Å². The number of carbonyl (C=O) groups excluding carboxylic acids is 16. The minimum absolute atomic E-state index is 0.0497. The van der Waals surface area contributed by atoms with Crippen molar-refractivity contribution in [1.29, 1.82) is 0 Å². The molecule has 1 saturated heterocycles. The first-order valence-corrected chi connectivity index (χ1v) is 44.1. The SMILES string of the molecule is CC(C)C[C@@H]1NC(=O)[C@H](Cc2ccc(O)cc2)NC(=O)[C@H](Cc2c[nH]c3ccccc23)NC(=O)CN(C)C(=O)[C@H](Cc2ccc(O)cc2)NC(=O)[C@H](Cc2ccccc2)N(C)C(=O)[C@H](C(C)C)CC(=O)[C@H](COC=O)CC(=O)CN(C)C(=O)[C@H](CCC(=O)O)N(C)C(=O)[C@H](Cc2ccccc2)N(C)C(=O)[C@H](Cc2ccccc2)NC(=O)CSC[C@@H](C(=O)CCC(N)=O)NC1=O. The first-order valence-electron chi connectivity index (χ1n) is 42.9. The minimum Gasteiger partial charge on any atom is -0.508 e. The number of hydrogen-bond acceptors (Lipinski definition) is 21. The molecular weight excluding hydrogens is 1690 g/mol. The van der Waals surface area contributed by atoms with Gasteiger partial charge in [-0.05, 0) is 88.4 Å². The number of hydrogen-bond donors (Lipinski definition) is 11. The molecule has 0 saturated carbocycles. The van der Waals surface area contributed by atoms with Gasteiger partial charge in [-0.2, -0.15) is 0 Å². The van der Waals surface area contributed by atoms with E-state index < -0.39 is 230 Å². The van der Waals surface area contributed by atoms with Crippen molar-refractivity contribution in [2.75, 3.05) is 66.4 Å². The van der Waals surface area contributed by atoms with Gasteiger partial charge in [0.2, 0.25) is 70.9 Å². The molecule has 1 fully saturated rings. The lowest BCUT2D eigenvalue weighted by Crippen LogP contribution is -2.59. The average molecular weight is 1810 g/mol. The van der Waals surface area contributed by atoms with E-state index in [1.165, 1.54) is 83.8 Å². The Balaban J connectivity index is 1.22. The summed E-state index contributed by atoms with van der Waals surface area (Å²) in [5.74, 6) is -19.0. The number of carbonyl (C=O) groups is 17. The number of para-hydroxylation sites is 1. The topological polar surface area (TPSA) is 490 Å². The third kappa shape index (κ3) is 30.8. The summed E-state index contributed by atoms with van der Waals surface area (Å²) in [7, 11) is 6.34. The Hall–Kier alpha value is -13.6. The third-order valence-corrected chi connectivity index (χ3v) is 23.8. The van der Waals surface area contributed by atoms with Gasteiger partial charge in [0.25, 0.3) is 6.47 Å². The summed E-state index contributed by atoms with van der Waals surface area (Å²) in [4.78, 5) is 255. The molecule has 1 aliphatic rings. The van der Waals surface area contributed by atoms with E-state index >= 15 is 33.6 Å². The average Bonchev–Trinajstić information content (AvgIpc) is 1.54. The van der Waals surface area contributed by atoms with E-state index in [1.54, 1.807) is 149 Å². The van der Waals surface area contributed by atoms with Crippen molar-refractivity contribution in [2.24, 2.45) is 29.4 Å². The van der Waals surface area contributed by atoms with E-state index in [2.05, 4.69) is 36.9 Å². The molecule has 1 aliphatic heterocycles. The van der Waals surface area contributed by atoms with E-state index in [0.717, 1.165) is 36.3 Å². The van der Waals surface area contributed by atoms with Crippen molar-refractivity contribution >= 4 is 123 Å². The number of Topliss-reactive ketones (excluding diaryl/α,β-unsaturated/α-hetero) is 3. The summed E-state index contributed by atoms with van der Waals surface area (Å²) >= 11 is 0.840. The zero-order chi connectivity index (χ0) is 95.0. The van der Waals surface area contributed by atoms with Crippen LogP contribution in [0.25, 0.3) is 10.9 Å². The fourth-order valence-corrected chi connectivity index (χ4v) is 16.3. The zero-order valence-electron chi connectivity index (χ0n) is 74.4. The normalized spacial score (nSPS) is 21.9. The minimum atomic E-state index is -1.64. The molecule has 34 nitrogen and oxygen atoms in total. The number of nitrogens with zero attached hydrogens (tertiary/aromatic N) is 5. The largest absolute Gasteiger partial charge is 0.508 e. The van der Waals surface area contributed by atoms with Crippen LogP contribution in [0.15, 0.2) is 170 Å². The first kappa shape index (κ1) is 102. The second-order valence-electron chi connectivity index (χ2n) is 33.5.